The summed E-state index contributed by atoms with van der Waals surface area (Å²) < 4.78 is 5.01. The fourth-order valence-electron chi connectivity index (χ4n) is 0.711. The molecule has 0 bridgehead atoms. The Hall–Kier alpha value is -1.29. The number of nitrogens with zero attached hydrogens (tertiary/aromatic N) is 1. The molecule has 1 atom stereocenters. The molecule has 1 aromatic heterocycles. The lowest BCUT2D eigenvalue weighted by atomic mass is 10.4. The van der Waals surface area contributed by atoms with Gasteiger partial charge < -0.3 is 9.84 Å². The molecule has 0 spiro atoms. The summed E-state index contributed by atoms with van der Waals surface area (Å²) in [6, 6.07) is 1.51. The molecular weight excluding hydrogens is 194 g/mol. The Morgan fingerprint density at radius 3 is 2.92 bits per heavy atom. The number of aliphatic carboxylic acids is 1. The van der Waals surface area contributed by atoms with E-state index in [9.17, 15) is 4.79 Å². The Morgan fingerprint density at radius 1 is 1.69 bits per heavy atom. The van der Waals surface area contributed by atoms with Gasteiger partial charge in [-0.15, -0.1) is 0 Å². The molecule has 0 aliphatic rings. The molecule has 0 fully saturated rings. The summed E-state index contributed by atoms with van der Waals surface area (Å²) in [6.45, 7) is 1.43. The molecule has 70 valence electrons. The zero-order valence-electron chi connectivity index (χ0n) is 6.90. The minimum Gasteiger partial charge on any atom is -0.479 e. The number of halogens is 1. The van der Waals surface area contributed by atoms with Gasteiger partial charge in [0.05, 0.1) is 11.2 Å². The number of ether oxygens (including phenoxy) is 1. The minimum atomic E-state index is -1.03. The molecule has 5 heteroatoms. The van der Waals surface area contributed by atoms with Crippen molar-refractivity contribution < 1.29 is 14.6 Å². The van der Waals surface area contributed by atoms with Crippen molar-refractivity contribution in [1.29, 1.82) is 0 Å². The van der Waals surface area contributed by atoms with E-state index in [4.69, 9.17) is 21.4 Å². The van der Waals surface area contributed by atoms with Crippen LogP contribution in [0.1, 0.15) is 6.92 Å². The first-order chi connectivity index (χ1) is 6.09. The fourth-order valence-corrected chi connectivity index (χ4v) is 0.875. The van der Waals surface area contributed by atoms with E-state index in [1.807, 2.05) is 0 Å². The second kappa shape index (κ2) is 4.09. The topological polar surface area (TPSA) is 59.4 Å². The van der Waals surface area contributed by atoms with Gasteiger partial charge in [-0.3, -0.25) is 4.98 Å². The van der Waals surface area contributed by atoms with E-state index in [-0.39, 0.29) is 0 Å². The van der Waals surface area contributed by atoms with Crippen LogP contribution < -0.4 is 4.74 Å². The summed E-state index contributed by atoms with van der Waals surface area (Å²) >= 11 is 5.62. The highest BCUT2D eigenvalue weighted by atomic mass is 35.5. The van der Waals surface area contributed by atoms with Gasteiger partial charge in [0.1, 0.15) is 5.75 Å². The molecule has 13 heavy (non-hydrogen) atoms. The molecule has 1 N–H and O–H groups in total. The third kappa shape index (κ3) is 2.91. The molecule has 1 heterocycles. The molecule has 1 rings (SSSR count). The van der Waals surface area contributed by atoms with Crippen molar-refractivity contribution in [2.75, 3.05) is 0 Å². The molecule has 0 saturated heterocycles. The zero-order valence-corrected chi connectivity index (χ0v) is 7.65. The Morgan fingerprint density at radius 2 is 2.38 bits per heavy atom. The average Bonchev–Trinajstić information content (AvgIpc) is 2.04. The molecule has 0 aliphatic carbocycles. The smallest absolute Gasteiger partial charge is 0.344 e. The highest BCUT2D eigenvalue weighted by molar-refractivity contribution is 6.30. The van der Waals surface area contributed by atoms with E-state index in [1.165, 1.54) is 25.4 Å². The maximum atomic E-state index is 10.4. The molecule has 0 aromatic carbocycles. The maximum absolute atomic E-state index is 10.4. The van der Waals surface area contributed by atoms with Crippen LogP contribution >= 0.6 is 11.6 Å². The number of hydrogen-bond donors (Lipinski definition) is 1. The Bertz CT molecular complexity index is 316. The monoisotopic (exact) mass is 201 g/mol. The van der Waals surface area contributed by atoms with Crippen molar-refractivity contribution in [1.82, 2.24) is 4.98 Å². The lowest BCUT2D eigenvalue weighted by molar-refractivity contribution is -0.144. The van der Waals surface area contributed by atoms with Gasteiger partial charge in [-0.25, -0.2) is 4.79 Å². The Balaban J connectivity index is 2.69. The highest BCUT2D eigenvalue weighted by Crippen LogP contribution is 2.16. The van der Waals surface area contributed by atoms with Crippen LogP contribution in [0.3, 0.4) is 0 Å². The van der Waals surface area contributed by atoms with E-state index in [2.05, 4.69) is 4.98 Å². The zero-order chi connectivity index (χ0) is 9.84. The van der Waals surface area contributed by atoms with E-state index < -0.39 is 12.1 Å². The van der Waals surface area contributed by atoms with E-state index in [0.29, 0.717) is 10.8 Å². The van der Waals surface area contributed by atoms with Crippen LogP contribution in [0.2, 0.25) is 5.02 Å². The van der Waals surface area contributed by atoms with Crippen LogP contribution in [0, 0.1) is 0 Å². The van der Waals surface area contributed by atoms with Gasteiger partial charge in [0.2, 0.25) is 0 Å². The van der Waals surface area contributed by atoms with Crippen molar-refractivity contribution in [2.45, 2.75) is 13.0 Å². The maximum Gasteiger partial charge on any atom is 0.344 e. The van der Waals surface area contributed by atoms with Gasteiger partial charge in [0.25, 0.3) is 0 Å². The van der Waals surface area contributed by atoms with Crippen molar-refractivity contribution >= 4 is 17.6 Å². The summed E-state index contributed by atoms with van der Waals surface area (Å²) in [4.78, 5) is 14.2. The molecule has 0 radical (unpaired) electrons. The summed E-state index contributed by atoms with van der Waals surface area (Å²) in [5, 5.41) is 8.95. The van der Waals surface area contributed by atoms with E-state index >= 15 is 0 Å². The summed E-state index contributed by atoms with van der Waals surface area (Å²) in [5.41, 5.74) is 0. The van der Waals surface area contributed by atoms with E-state index in [0.717, 1.165) is 0 Å². The predicted octanol–water partition coefficient (Wildman–Crippen LogP) is 1.59. The van der Waals surface area contributed by atoms with Crippen LogP contribution in [-0.2, 0) is 4.79 Å². The SMILES string of the molecule is CC(Oc1cncc(Cl)c1)C(=O)O. The number of aromatic nitrogens is 1. The number of carboxylic acid groups (broad SMARTS) is 1. The third-order valence-corrected chi connectivity index (χ3v) is 1.55. The van der Waals surface area contributed by atoms with E-state index in [1.54, 1.807) is 0 Å². The standard InChI is InChI=1S/C8H8ClNO3/c1-5(8(11)12)13-7-2-6(9)3-10-4-7/h2-5H,1H3,(H,11,12). The first-order valence-corrected chi connectivity index (χ1v) is 3.97. The van der Waals surface area contributed by atoms with Crippen molar-refractivity contribution in [3.63, 3.8) is 0 Å². The third-order valence-electron chi connectivity index (χ3n) is 1.34. The molecule has 1 aromatic rings. The molecule has 0 saturated carbocycles. The lowest BCUT2D eigenvalue weighted by Crippen LogP contribution is -2.22. The first-order valence-electron chi connectivity index (χ1n) is 3.59. The first kappa shape index (κ1) is 9.80. The average molecular weight is 202 g/mol. The number of rotatable bonds is 3. The van der Waals surface area contributed by atoms with Crippen LogP contribution in [0.15, 0.2) is 18.5 Å². The minimum absolute atomic E-state index is 0.349. The lowest BCUT2D eigenvalue weighted by Gasteiger charge is -2.09. The second-order valence-electron chi connectivity index (χ2n) is 2.44. The number of carbonyl (C=O) groups is 1. The predicted molar refractivity (Wildman–Crippen MR) is 47.0 cm³/mol. The van der Waals surface area contributed by atoms with Crippen molar-refractivity contribution in [3.8, 4) is 5.75 Å². The van der Waals surface area contributed by atoms with Crippen LogP contribution in [-0.4, -0.2) is 22.2 Å². The van der Waals surface area contributed by atoms with Crippen LogP contribution in [0.5, 0.6) is 5.75 Å². The highest BCUT2D eigenvalue weighted by Gasteiger charge is 2.12. The van der Waals surface area contributed by atoms with Crippen molar-refractivity contribution in [2.24, 2.45) is 0 Å². The van der Waals surface area contributed by atoms with Gasteiger partial charge in [0, 0.05) is 12.3 Å². The quantitative estimate of drug-likeness (QED) is 0.807. The fraction of sp³-hybridized carbons (Fsp3) is 0.250. The Labute approximate surface area is 80.1 Å². The molecule has 4 nitrogen and oxygen atoms in total. The normalized spacial score (nSPS) is 12.2. The Kier molecular flexibility index (Phi) is 3.08. The molecule has 0 aliphatic heterocycles. The van der Waals surface area contributed by atoms with Crippen LogP contribution in [0.4, 0.5) is 0 Å². The molecule has 1 unspecified atom stereocenters. The van der Waals surface area contributed by atoms with Gasteiger partial charge in [-0.1, -0.05) is 11.6 Å². The van der Waals surface area contributed by atoms with Gasteiger partial charge in [0.15, 0.2) is 6.10 Å². The largest absolute Gasteiger partial charge is 0.479 e. The number of hydrogen-bond acceptors (Lipinski definition) is 3. The number of carboxylic acids is 1. The van der Waals surface area contributed by atoms with Crippen molar-refractivity contribution in [3.05, 3.63) is 23.5 Å². The summed E-state index contributed by atoms with van der Waals surface area (Å²) in [5.74, 6) is -0.678. The van der Waals surface area contributed by atoms with Gasteiger partial charge >= 0.3 is 5.97 Å². The second-order valence-corrected chi connectivity index (χ2v) is 2.87. The molecule has 0 amide bonds. The van der Waals surface area contributed by atoms with Gasteiger partial charge in [-0.2, -0.15) is 0 Å². The number of pyridine rings is 1. The summed E-state index contributed by atoms with van der Waals surface area (Å²) in [6.07, 6.45) is 1.95. The van der Waals surface area contributed by atoms with Gasteiger partial charge in [-0.05, 0) is 6.92 Å². The molecular formula is C8H8ClNO3. The summed E-state index contributed by atoms with van der Waals surface area (Å²) in [7, 11) is 0. The van der Waals surface area contributed by atoms with Crippen LogP contribution in [0.25, 0.3) is 0 Å².